The topological polar surface area (TPSA) is 51.5 Å². The summed E-state index contributed by atoms with van der Waals surface area (Å²) in [7, 11) is 0. The summed E-state index contributed by atoms with van der Waals surface area (Å²) in [4.78, 5) is 12.8. The summed E-state index contributed by atoms with van der Waals surface area (Å²) in [5.41, 5.74) is 4.40. The molecule has 4 aromatic rings. The molecule has 0 radical (unpaired) electrons. The molecule has 0 bridgehead atoms. The molecule has 0 aliphatic rings. The minimum Gasteiger partial charge on any atom is -0.480 e. The summed E-state index contributed by atoms with van der Waals surface area (Å²) in [5.74, 6) is 0.577. The van der Waals surface area contributed by atoms with E-state index in [1.807, 2.05) is 81.4 Å². The van der Waals surface area contributed by atoms with Gasteiger partial charge in [0, 0.05) is 22.5 Å². The van der Waals surface area contributed by atoms with E-state index in [0.717, 1.165) is 38.8 Å². The molecule has 1 atom stereocenters. The number of rotatable bonds is 5. The number of fused-ring (bicyclic) bond motifs is 3. The van der Waals surface area contributed by atoms with Gasteiger partial charge >= 0.3 is 0 Å². The number of nitrogens with one attached hydrogen (secondary N) is 1. The van der Waals surface area contributed by atoms with Crippen LogP contribution in [0.4, 0.5) is 5.69 Å². The predicted molar refractivity (Wildman–Crippen MR) is 113 cm³/mol. The van der Waals surface area contributed by atoms with Gasteiger partial charge in [-0.05, 0) is 55.7 Å². The summed E-state index contributed by atoms with van der Waals surface area (Å²) >= 11 is 0. The molecule has 1 N–H and O–H groups in total. The zero-order valence-electron chi connectivity index (χ0n) is 16.3. The van der Waals surface area contributed by atoms with E-state index in [0.29, 0.717) is 12.1 Å². The van der Waals surface area contributed by atoms with Crippen LogP contribution >= 0.6 is 0 Å². The van der Waals surface area contributed by atoms with Crippen LogP contribution in [0.3, 0.4) is 0 Å². The average Bonchev–Trinajstić information content (AvgIpc) is 3.06. The van der Waals surface area contributed by atoms with Gasteiger partial charge in [-0.15, -0.1) is 0 Å². The van der Waals surface area contributed by atoms with Gasteiger partial charge in [0.05, 0.1) is 0 Å². The smallest absolute Gasteiger partial charge is 0.265 e. The van der Waals surface area contributed by atoms with Crippen molar-refractivity contribution in [3.8, 4) is 5.75 Å². The molecule has 1 amide bonds. The molecule has 4 nitrogen and oxygen atoms in total. The van der Waals surface area contributed by atoms with Gasteiger partial charge < -0.3 is 14.5 Å². The van der Waals surface area contributed by atoms with Crippen molar-refractivity contribution >= 4 is 33.5 Å². The fourth-order valence-electron chi connectivity index (χ4n) is 3.34. The molecule has 4 heteroatoms. The van der Waals surface area contributed by atoms with Crippen molar-refractivity contribution in [3.63, 3.8) is 0 Å². The van der Waals surface area contributed by atoms with Crippen LogP contribution in [0.2, 0.25) is 0 Å². The van der Waals surface area contributed by atoms with Gasteiger partial charge in [-0.25, -0.2) is 0 Å². The minimum atomic E-state index is -0.563. The van der Waals surface area contributed by atoms with E-state index in [9.17, 15) is 4.79 Å². The summed E-state index contributed by atoms with van der Waals surface area (Å²) in [6.45, 7) is 5.93. The number of carbonyl (C=O) groups is 1. The maximum absolute atomic E-state index is 12.8. The number of anilines is 1. The maximum atomic E-state index is 12.8. The van der Waals surface area contributed by atoms with Crippen LogP contribution in [-0.4, -0.2) is 12.0 Å². The van der Waals surface area contributed by atoms with Crippen molar-refractivity contribution in [2.45, 2.75) is 33.3 Å². The van der Waals surface area contributed by atoms with Crippen LogP contribution in [0.1, 0.15) is 24.5 Å². The number of furan rings is 1. The standard InChI is InChI=1S/C24H23NO3/c1-4-20(27-22-13-15(2)9-10-16(22)3)24(26)25-17-11-12-19-18-7-5-6-8-21(18)28-23(19)14-17/h5-14,20H,4H2,1-3H3,(H,25,26)/t20-/m0/s1. The van der Waals surface area contributed by atoms with E-state index in [4.69, 9.17) is 9.15 Å². The van der Waals surface area contributed by atoms with Crippen LogP contribution in [0.15, 0.2) is 65.1 Å². The molecule has 0 aliphatic heterocycles. The van der Waals surface area contributed by atoms with E-state index < -0.39 is 6.10 Å². The molecule has 1 aromatic heterocycles. The molecule has 0 fully saturated rings. The van der Waals surface area contributed by atoms with E-state index in [1.165, 1.54) is 0 Å². The van der Waals surface area contributed by atoms with Crippen LogP contribution < -0.4 is 10.1 Å². The molecule has 0 aliphatic carbocycles. The molecule has 0 spiro atoms. The summed E-state index contributed by atoms with van der Waals surface area (Å²) in [5, 5.41) is 5.06. The lowest BCUT2D eigenvalue weighted by Gasteiger charge is -2.19. The number of carbonyl (C=O) groups excluding carboxylic acids is 1. The Labute approximate surface area is 164 Å². The second-order valence-electron chi connectivity index (χ2n) is 7.08. The third-order valence-corrected chi connectivity index (χ3v) is 4.92. The van der Waals surface area contributed by atoms with Crippen molar-refractivity contribution in [1.82, 2.24) is 0 Å². The molecule has 0 unspecified atom stereocenters. The van der Waals surface area contributed by atoms with Crippen molar-refractivity contribution in [2.75, 3.05) is 5.32 Å². The fraction of sp³-hybridized carbons (Fsp3) is 0.208. The highest BCUT2D eigenvalue weighted by molar-refractivity contribution is 6.06. The van der Waals surface area contributed by atoms with Crippen LogP contribution in [0, 0.1) is 13.8 Å². The number of amides is 1. The second-order valence-corrected chi connectivity index (χ2v) is 7.08. The Bertz CT molecular complexity index is 1160. The molecule has 0 saturated carbocycles. The number of para-hydroxylation sites is 1. The number of hydrogen-bond donors (Lipinski definition) is 1. The zero-order chi connectivity index (χ0) is 19.7. The first-order valence-corrected chi connectivity index (χ1v) is 9.51. The first kappa shape index (κ1) is 18.1. The first-order valence-electron chi connectivity index (χ1n) is 9.51. The summed E-state index contributed by atoms with van der Waals surface area (Å²) < 4.78 is 11.9. The molecular weight excluding hydrogens is 350 g/mol. The van der Waals surface area contributed by atoms with Crippen LogP contribution in [-0.2, 0) is 4.79 Å². The molecule has 142 valence electrons. The quantitative estimate of drug-likeness (QED) is 0.467. The van der Waals surface area contributed by atoms with Crippen molar-refractivity contribution < 1.29 is 13.9 Å². The number of ether oxygens (including phenoxy) is 1. The molecule has 28 heavy (non-hydrogen) atoms. The number of hydrogen-bond acceptors (Lipinski definition) is 3. The SMILES string of the molecule is CC[C@H](Oc1cc(C)ccc1C)C(=O)Nc1ccc2c(c1)oc1ccccc12. The molecular formula is C24H23NO3. The molecule has 3 aromatic carbocycles. The van der Waals surface area contributed by atoms with Gasteiger partial charge in [-0.3, -0.25) is 4.79 Å². The van der Waals surface area contributed by atoms with Gasteiger partial charge in [0.25, 0.3) is 5.91 Å². The van der Waals surface area contributed by atoms with Crippen molar-refractivity contribution in [2.24, 2.45) is 0 Å². The monoisotopic (exact) mass is 373 g/mol. The summed E-state index contributed by atoms with van der Waals surface area (Å²) in [6, 6.07) is 19.6. The van der Waals surface area contributed by atoms with Gasteiger partial charge in [0.2, 0.25) is 0 Å². The molecule has 0 saturated heterocycles. The zero-order valence-corrected chi connectivity index (χ0v) is 16.3. The third-order valence-electron chi connectivity index (χ3n) is 4.92. The Morgan fingerprint density at radius 3 is 2.61 bits per heavy atom. The fourth-order valence-corrected chi connectivity index (χ4v) is 3.34. The van der Waals surface area contributed by atoms with Gasteiger partial charge in [0.15, 0.2) is 6.10 Å². The van der Waals surface area contributed by atoms with E-state index in [2.05, 4.69) is 5.32 Å². The summed E-state index contributed by atoms with van der Waals surface area (Å²) in [6.07, 6.45) is 0.0124. The van der Waals surface area contributed by atoms with Crippen molar-refractivity contribution in [3.05, 3.63) is 71.8 Å². The lowest BCUT2D eigenvalue weighted by Crippen LogP contribution is -2.32. The Kier molecular flexibility index (Phi) is 4.78. The van der Waals surface area contributed by atoms with Crippen LogP contribution in [0.5, 0.6) is 5.75 Å². The normalized spacial score (nSPS) is 12.2. The van der Waals surface area contributed by atoms with Crippen LogP contribution in [0.25, 0.3) is 21.9 Å². The Balaban J connectivity index is 1.55. The van der Waals surface area contributed by atoms with E-state index in [-0.39, 0.29) is 5.91 Å². The number of aryl methyl sites for hydroxylation is 2. The maximum Gasteiger partial charge on any atom is 0.265 e. The number of benzene rings is 3. The second kappa shape index (κ2) is 7.39. The van der Waals surface area contributed by atoms with E-state index in [1.54, 1.807) is 0 Å². The highest BCUT2D eigenvalue weighted by atomic mass is 16.5. The average molecular weight is 373 g/mol. The van der Waals surface area contributed by atoms with Crippen molar-refractivity contribution in [1.29, 1.82) is 0 Å². The minimum absolute atomic E-state index is 0.168. The van der Waals surface area contributed by atoms with E-state index >= 15 is 0 Å². The third kappa shape index (κ3) is 3.46. The largest absolute Gasteiger partial charge is 0.480 e. The Morgan fingerprint density at radius 2 is 1.79 bits per heavy atom. The predicted octanol–water partition coefficient (Wildman–Crippen LogP) is 6.00. The lowest BCUT2D eigenvalue weighted by molar-refractivity contribution is -0.122. The molecule has 1 heterocycles. The highest BCUT2D eigenvalue weighted by Crippen LogP contribution is 2.30. The highest BCUT2D eigenvalue weighted by Gasteiger charge is 2.20. The van der Waals surface area contributed by atoms with Gasteiger partial charge in [-0.1, -0.05) is 37.3 Å². The first-order chi connectivity index (χ1) is 13.5. The van der Waals surface area contributed by atoms with Gasteiger partial charge in [-0.2, -0.15) is 0 Å². The lowest BCUT2D eigenvalue weighted by atomic mass is 10.1. The Morgan fingerprint density at radius 1 is 1.00 bits per heavy atom. The Hall–Kier alpha value is -3.27. The van der Waals surface area contributed by atoms with Gasteiger partial charge in [0.1, 0.15) is 16.9 Å². The molecule has 4 rings (SSSR count).